The molecule has 0 saturated carbocycles. The number of hydrogen-bond donors (Lipinski definition) is 4. The molecule has 222 valence electrons. The number of nitrogens with one attached hydrogen (secondary N) is 3. The van der Waals surface area contributed by atoms with Crippen LogP contribution >= 0.6 is 0 Å². The van der Waals surface area contributed by atoms with Gasteiger partial charge in [0, 0.05) is 37.1 Å². The van der Waals surface area contributed by atoms with E-state index in [2.05, 4.69) is 16.0 Å². The average Bonchev–Trinajstić information content (AvgIpc) is 3.54. The third-order valence-electron chi connectivity index (χ3n) is 7.93. The van der Waals surface area contributed by atoms with Crippen LogP contribution in [0.2, 0.25) is 0 Å². The summed E-state index contributed by atoms with van der Waals surface area (Å²) in [7, 11) is 1.98. The number of nitrogens with zero attached hydrogens (tertiary/aromatic N) is 2. The van der Waals surface area contributed by atoms with E-state index in [9.17, 15) is 24.3 Å². The first-order valence-corrected chi connectivity index (χ1v) is 14.2. The molecule has 11 nitrogen and oxygen atoms in total. The van der Waals surface area contributed by atoms with Crippen molar-refractivity contribution in [3.8, 4) is 16.9 Å². The van der Waals surface area contributed by atoms with Crippen molar-refractivity contribution in [3.63, 3.8) is 0 Å². The Balaban J connectivity index is 1.48. The number of benzene rings is 2. The minimum Gasteiger partial charge on any atom is -0.491 e. The van der Waals surface area contributed by atoms with Gasteiger partial charge >= 0.3 is 0 Å². The number of aryl methyl sites for hydroxylation is 1. The number of ether oxygens (including phenoxy) is 1. The van der Waals surface area contributed by atoms with Gasteiger partial charge in [0.15, 0.2) is 0 Å². The third kappa shape index (κ3) is 5.82. The minimum absolute atomic E-state index is 0.00904. The maximum absolute atomic E-state index is 13.7. The van der Waals surface area contributed by atoms with Gasteiger partial charge < -0.3 is 35.3 Å². The average molecular weight is 576 g/mol. The lowest BCUT2D eigenvalue weighted by Gasteiger charge is -2.29. The van der Waals surface area contributed by atoms with Crippen molar-refractivity contribution >= 4 is 34.5 Å². The number of fused-ring (bicyclic) bond motifs is 3. The van der Waals surface area contributed by atoms with Crippen molar-refractivity contribution in [2.75, 3.05) is 19.7 Å². The van der Waals surface area contributed by atoms with Crippen molar-refractivity contribution < 1.29 is 29.0 Å². The fraction of sp³-hybridized carbons (Fsp3) is 0.419. The number of carbonyl (C=O) groups is 4. The topological polar surface area (TPSA) is 142 Å². The van der Waals surface area contributed by atoms with E-state index in [1.165, 1.54) is 11.8 Å². The lowest BCUT2D eigenvalue weighted by molar-refractivity contribution is -0.141. The van der Waals surface area contributed by atoms with Crippen LogP contribution in [0.3, 0.4) is 0 Å². The number of aliphatic hydroxyl groups excluding tert-OH is 1. The fourth-order valence-corrected chi connectivity index (χ4v) is 5.60. The lowest BCUT2D eigenvalue weighted by Crippen LogP contribution is -2.57. The Morgan fingerprint density at radius 3 is 2.48 bits per heavy atom. The van der Waals surface area contributed by atoms with Crippen LogP contribution in [-0.4, -0.2) is 82.1 Å². The Hall–Kier alpha value is -4.38. The van der Waals surface area contributed by atoms with Crippen molar-refractivity contribution in [1.29, 1.82) is 0 Å². The molecule has 0 unspecified atom stereocenters. The first-order valence-electron chi connectivity index (χ1n) is 14.2. The maximum atomic E-state index is 13.7. The molecule has 4 atom stereocenters. The Kier molecular flexibility index (Phi) is 8.22. The molecule has 4 amide bonds. The van der Waals surface area contributed by atoms with Crippen LogP contribution in [0.1, 0.15) is 37.6 Å². The zero-order valence-electron chi connectivity index (χ0n) is 24.2. The highest BCUT2D eigenvalue weighted by Crippen LogP contribution is 2.30. The number of hydrogen-bond acceptors (Lipinski definition) is 6. The summed E-state index contributed by atoms with van der Waals surface area (Å²) in [5.41, 5.74) is 3.04. The normalized spacial score (nSPS) is 24.1. The molecular formula is C31H37N5O6. The van der Waals surface area contributed by atoms with Gasteiger partial charge in [-0.15, -0.1) is 0 Å². The quantitative estimate of drug-likeness (QED) is 0.366. The number of rotatable bonds is 2. The minimum atomic E-state index is -0.973. The second kappa shape index (κ2) is 11.8. The smallest absolute Gasteiger partial charge is 0.255 e. The van der Waals surface area contributed by atoms with Crippen LogP contribution < -0.4 is 20.7 Å². The van der Waals surface area contributed by atoms with E-state index in [0.717, 1.165) is 22.0 Å². The highest BCUT2D eigenvalue weighted by Gasteiger charge is 2.41. The van der Waals surface area contributed by atoms with E-state index in [1.54, 1.807) is 26.0 Å². The van der Waals surface area contributed by atoms with Crippen LogP contribution in [-0.2, 0) is 21.4 Å². The van der Waals surface area contributed by atoms with Gasteiger partial charge in [0.25, 0.3) is 5.91 Å². The predicted octanol–water partition coefficient (Wildman–Crippen LogP) is 1.57. The molecule has 11 heteroatoms. The van der Waals surface area contributed by atoms with Gasteiger partial charge in [-0.05, 0) is 54.3 Å². The van der Waals surface area contributed by atoms with Gasteiger partial charge in [0.05, 0.1) is 18.2 Å². The summed E-state index contributed by atoms with van der Waals surface area (Å²) in [6, 6.07) is 10.6. The first-order chi connectivity index (χ1) is 20.0. The van der Waals surface area contributed by atoms with Crippen LogP contribution in [0.25, 0.3) is 22.0 Å². The van der Waals surface area contributed by atoms with E-state index in [0.29, 0.717) is 5.75 Å². The van der Waals surface area contributed by atoms with E-state index in [-0.39, 0.29) is 37.6 Å². The SMILES string of the molecule is CC(C)[C@@H]1NC(=O)c2cc(-c3ccc4c(ccn4C)c3)ccc2OCCNC(=O)[C@@H]2C[C@H](O)CN2C(=O)[C@@H](C)NC1=O. The first kappa shape index (κ1) is 29.1. The second-order valence-corrected chi connectivity index (χ2v) is 11.4. The van der Waals surface area contributed by atoms with Crippen molar-refractivity contribution in [1.82, 2.24) is 25.4 Å². The summed E-state index contributed by atoms with van der Waals surface area (Å²) in [5, 5.41) is 19.6. The summed E-state index contributed by atoms with van der Waals surface area (Å²) >= 11 is 0. The second-order valence-electron chi connectivity index (χ2n) is 11.4. The molecule has 3 heterocycles. The largest absolute Gasteiger partial charge is 0.491 e. The van der Waals surface area contributed by atoms with Gasteiger partial charge in [-0.3, -0.25) is 19.2 Å². The molecule has 2 aliphatic heterocycles. The Morgan fingerprint density at radius 2 is 1.71 bits per heavy atom. The van der Waals surface area contributed by atoms with Crippen LogP contribution in [0.15, 0.2) is 48.7 Å². The Labute approximate surface area is 244 Å². The molecule has 1 saturated heterocycles. The summed E-state index contributed by atoms with van der Waals surface area (Å²) in [5.74, 6) is -1.92. The lowest BCUT2D eigenvalue weighted by atomic mass is 9.99. The molecule has 2 aromatic carbocycles. The molecule has 1 aromatic heterocycles. The van der Waals surface area contributed by atoms with Gasteiger partial charge in [-0.25, -0.2) is 0 Å². The highest BCUT2D eigenvalue weighted by atomic mass is 16.5. The van der Waals surface area contributed by atoms with Crippen LogP contribution in [0, 0.1) is 5.92 Å². The predicted molar refractivity (Wildman–Crippen MR) is 157 cm³/mol. The van der Waals surface area contributed by atoms with Crippen molar-refractivity contribution in [3.05, 3.63) is 54.2 Å². The van der Waals surface area contributed by atoms with Crippen LogP contribution in [0.5, 0.6) is 5.75 Å². The van der Waals surface area contributed by atoms with Crippen molar-refractivity contribution in [2.45, 2.75) is 51.4 Å². The molecule has 5 rings (SSSR count). The van der Waals surface area contributed by atoms with E-state index >= 15 is 0 Å². The number of aliphatic hydroxyl groups is 1. The zero-order valence-corrected chi connectivity index (χ0v) is 24.2. The molecule has 0 radical (unpaired) electrons. The maximum Gasteiger partial charge on any atom is 0.255 e. The van der Waals surface area contributed by atoms with E-state index < -0.39 is 47.9 Å². The zero-order chi connectivity index (χ0) is 30.1. The molecule has 0 aliphatic carbocycles. The molecule has 4 N–H and O–H groups in total. The summed E-state index contributed by atoms with van der Waals surface area (Å²) < 4.78 is 7.99. The Morgan fingerprint density at radius 1 is 0.976 bits per heavy atom. The molecule has 42 heavy (non-hydrogen) atoms. The molecule has 1 fully saturated rings. The monoisotopic (exact) mass is 575 g/mol. The number of amides is 4. The highest BCUT2D eigenvalue weighted by molar-refractivity contribution is 6.01. The van der Waals surface area contributed by atoms with Crippen molar-refractivity contribution in [2.24, 2.45) is 13.0 Å². The molecule has 3 aromatic rings. The Bertz CT molecular complexity index is 1530. The fourth-order valence-electron chi connectivity index (χ4n) is 5.60. The van der Waals surface area contributed by atoms with Gasteiger partial charge in [0.1, 0.15) is 30.5 Å². The summed E-state index contributed by atoms with van der Waals surface area (Å²) in [4.78, 5) is 54.5. The third-order valence-corrected chi connectivity index (χ3v) is 7.93. The summed E-state index contributed by atoms with van der Waals surface area (Å²) in [6.07, 6.45) is 1.24. The van der Waals surface area contributed by atoms with E-state index in [1.807, 2.05) is 48.1 Å². The van der Waals surface area contributed by atoms with E-state index in [4.69, 9.17) is 4.74 Å². The van der Waals surface area contributed by atoms with Crippen LogP contribution in [0.4, 0.5) is 0 Å². The molecule has 0 spiro atoms. The summed E-state index contributed by atoms with van der Waals surface area (Å²) in [6.45, 7) is 5.31. The molecular weight excluding hydrogens is 538 g/mol. The number of aromatic nitrogens is 1. The number of carbonyl (C=O) groups excluding carboxylic acids is 4. The van der Waals surface area contributed by atoms with Gasteiger partial charge in [-0.1, -0.05) is 26.0 Å². The van der Waals surface area contributed by atoms with Gasteiger partial charge in [0.2, 0.25) is 17.7 Å². The molecule has 0 bridgehead atoms. The molecule has 2 aliphatic rings. The van der Waals surface area contributed by atoms with Gasteiger partial charge in [-0.2, -0.15) is 0 Å². The standard InChI is InChI=1S/C31H37N5O6/c1-17(2)27-30(40)33-18(3)31(41)36-16-22(37)15-25(36)29(39)32-10-12-42-26-8-6-20(14-23(26)28(38)34-27)19-5-7-24-21(13-19)9-11-35(24)4/h5-9,11,13-14,17-18,22,25,27,37H,10,12,15-16H2,1-4H3,(H,32,39)(H,33,40)(H,34,38)/t18-,22+,25+,27+/m1/s1.